The van der Waals surface area contributed by atoms with Crippen LogP contribution in [-0.2, 0) is 30.2 Å². The maximum atomic E-state index is 11.8. The van der Waals surface area contributed by atoms with Gasteiger partial charge in [0.1, 0.15) is 12.7 Å². The molecule has 3 aromatic heterocycles. The van der Waals surface area contributed by atoms with E-state index in [1.165, 1.54) is 74.0 Å². The molecule has 4 aromatic carbocycles. The molecule has 279 valence electrons. The Bertz CT molecular complexity index is 2900. The van der Waals surface area contributed by atoms with E-state index in [1.54, 1.807) is 23.1 Å². The number of aromatic amines is 2. The molecule has 7 rings (SSSR count). The molecule has 0 unspecified atom stereocenters. The predicted octanol–water partition coefficient (Wildman–Crippen LogP) is 4.58. The summed E-state index contributed by atoms with van der Waals surface area (Å²) in [5, 5.41) is 46.1. The van der Waals surface area contributed by atoms with Crippen molar-refractivity contribution in [2.75, 3.05) is 7.05 Å². The third-order valence-electron chi connectivity index (χ3n) is 7.55. The summed E-state index contributed by atoms with van der Waals surface area (Å²) < 4.78 is 81.4. The molecular weight excluding hydrogens is 790 g/mol. The molecular formula is C31H27N11NaO9S3. The largest absolute Gasteiger partial charge is 0.493 e. The van der Waals surface area contributed by atoms with Gasteiger partial charge in [-0.2, -0.15) is 23.7 Å². The van der Waals surface area contributed by atoms with Gasteiger partial charge < -0.3 is 20.2 Å². The minimum Gasteiger partial charge on any atom is -0.493 e. The van der Waals surface area contributed by atoms with Crippen LogP contribution in [0, 0.1) is 0 Å². The van der Waals surface area contributed by atoms with Crippen molar-refractivity contribution < 1.29 is 40.0 Å². The second kappa shape index (κ2) is 16.2. The molecule has 0 aliphatic heterocycles. The van der Waals surface area contributed by atoms with Crippen LogP contribution in [0.5, 0.6) is 11.8 Å². The number of nitrogens with zero attached hydrogens (tertiary/aromatic N) is 7. The molecule has 3 heterocycles. The van der Waals surface area contributed by atoms with Crippen molar-refractivity contribution in [2.45, 2.75) is 14.7 Å². The maximum Gasteiger partial charge on any atom is 0.294 e. The minimum absolute atomic E-state index is 0. The van der Waals surface area contributed by atoms with Gasteiger partial charge in [0.2, 0.25) is 31.8 Å². The monoisotopic (exact) mass is 816 g/mol. The number of aromatic nitrogens is 5. The molecule has 0 bridgehead atoms. The van der Waals surface area contributed by atoms with Crippen molar-refractivity contribution in [3.63, 3.8) is 0 Å². The van der Waals surface area contributed by atoms with Gasteiger partial charge in [-0.1, -0.05) is 0 Å². The zero-order valence-corrected chi connectivity index (χ0v) is 32.9. The van der Waals surface area contributed by atoms with Crippen LogP contribution < -0.4 is 9.86 Å². The van der Waals surface area contributed by atoms with Crippen LogP contribution in [-0.4, -0.2) is 101 Å². The third-order valence-corrected chi connectivity index (χ3v) is 10.8. The standard InChI is InChI=1S/C17H15N7O3S.C14H12N4O6S2.Na/c1-18-28(26,27)13-5-2-11(3-6-13)22-23-16-14-8-12(24-10-19-9-20-24)4-7-15(14)21-17(16)25;15-25(20,21)9-3-1-8(2-4-9)17-18-13-11-7-10(26(22,23)24)5-6-12(11)16-14(13)19;/h2-10,18,21,25H,1H3;1-7,16,19H,(H2,15,20,21)(H,22,23,24);. The summed E-state index contributed by atoms with van der Waals surface area (Å²) in [5.41, 5.74) is 2.76. The van der Waals surface area contributed by atoms with Crippen molar-refractivity contribution in [1.29, 1.82) is 0 Å². The number of hydrogen-bond acceptors (Lipinski definition) is 14. The van der Waals surface area contributed by atoms with Gasteiger partial charge in [0.15, 0.2) is 11.4 Å². The molecule has 0 aliphatic rings. The van der Waals surface area contributed by atoms with E-state index in [0.717, 1.165) is 11.8 Å². The third kappa shape index (κ3) is 9.30. The first-order valence-corrected chi connectivity index (χ1v) is 19.5. The van der Waals surface area contributed by atoms with E-state index in [0.29, 0.717) is 22.1 Å². The van der Waals surface area contributed by atoms with Crippen LogP contribution >= 0.6 is 0 Å². The summed E-state index contributed by atoms with van der Waals surface area (Å²) in [4.78, 5) is 9.03. The average molecular weight is 817 g/mol. The quantitative estimate of drug-likeness (QED) is 0.0601. The van der Waals surface area contributed by atoms with E-state index in [9.17, 15) is 35.5 Å². The Balaban J connectivity index is 0.000000208. The normalized spacial score (nSPS) is 12.3. The van der Waals surface area contributed by atoms with Gasteiger partial charge in [-0.05, 0) is 92.0 Å². The summed E-state index contributed by atoms with van der Waals surface area (Å²) in [6.07, 6.45) is 2.99. The number of nitrogens with two attached hydrogens (primary N) is 1. The van der Waals surface area contributed by atoms with Crippen LogP contribution in [0.2, 0.25) is 0 Å². The summed E-state index contributed by atoms with van der Waals surface area (Å²) in [7, 11) is -10.4. The van der Waals surface area contributed by atoms with E-state index in [-0.39, 0.29) is 78.5 Å². The van der Waals surface area contributed by atoms with Crippen molar-refractivity contribution in [2.24, 2.45) is 25.6 Å². The fraction of sp³-hybridized carbons (Fsp3) is 0.0323. The van der Waals surface area contributed by atoms with Crippen LogP contribution in [0.15, 0.2) is 133 Å². The molecule has 8 N–H and O–H groups in total. The van der Waals surface area contributed by atoms with Gasteiger partial charge >= 0.3 is 0 Å². The Kier molecular flexibility index (Phi) is 12.0. The minimum atomic E-state index is -4.42. The molecule has 0 saturated heterocycles. The first-order valence-electron chi connectivity index (χ1n) is 15.1. The summed E-state index contributed by atoms with van der Waals surface area (Å²) >= 11 is 0. The number of primary sulfonamides is 1. The molecule has 0 spiro atoms. The Morgan fingerprint density at radius 3 is 1.65 bits per heavy atom. The molecule has 0 fully saturated rings. The number of aromatic hydroxyl groups is 2. The van der Waals surface area contributed by atoms with Gasteiger partial charge in [-0.3, -0.25) is 4.55 Å². The number of sulfonamides is 2. The van der Waals surface area contributed by atoms with Crippen LogP contribution in [0.4, 0.5) is 22.7 Å². The second-order valence-electron chi connectivity index (χ2n) is 11.0. The Labute approximate surface area is 334 Å². The molecule has 0 aliphatic carbocycles. The number of fused-ring (bicyclic) bond motifs is 2. The molecule has 0 saturated carbocycles. The van der Waals surface area contributed by atoms with Crippen LogP contribution in [0.25, 0.3) is 27.5 Å². The van der Waals surface area contributed by atoms with Gasteiger partial charge in [-0.25, -0.2) is 36.4 Å². The molecule has 7 aromatic rings. The van der Waals surface area contributed by atoms with E-state index in [4.69, 9.17) is 9.69 Å². The number of rotatable bonds is 9. The van der Waals surface area contributed by atoms with Gasteiger partial charge in [0.05, 0.1) is 42.8 Å². The van der Waals surface area contributed by atoms with E-state index in [2.05, 4.69) is 45.2 Å². The smallest absolute Gasteiger partial charge is 0.294 e. The van der Waals surface area contributed by atoms with Gasteiger partial charge in [-0.15, -0.1) is 10.2 Å². The first-order chi connectivity index (χ1) is 25.5. The molecule has 24 heteroatoms. The number of azo groups is 2. The van der Waals surface area contributed by atoms with E-state index < -0.39 is 30.2 Å². The predicted molar refractivity (Wildman–Crippen MR) is 199 cm³/mol. The average Bonchev–Trinajstić information content (AvgIpc) is 3.86. The van der Waals surface area contributed by atoms with Crippen LogP contribution in [0.3, 0.4) is 0 Å². The van der Waals surface area contributed by atoms with Crippen molar-refractivity contribution in [3.8, 4) is 17.4 Å². The molecule has 0 atom stereocenters. The molecule has 0 amide bonds. The second-order valence-corrected chi connectivity index (χ2v) is 15.9. The molecule has 1 radical (unpaired) electrons. The van der Waals surface area contributed by atoms with E-state index >= 15 is 0 Å². The van der Waals surface area contributed by atoms with Crippen molar-refractivity contribution in [3.05, 3.63) is 97.6 Å². The fourth-order valence-corrected chi connectivity index (χ4v) is 6.62. The number of nitrogens with one attached hydrogen (secondary N) is 3. The Morgan fingerprint density at radius 2 is 1.18 bits per heavy atom. The van der Waals surface area contributed by atoms with Gasteiger partial charge in [0.25, 0.3) is 10.1 Å². The van der Waals surface area contributed by atoms with Gasteiger partial charge in [0, 0.05) is 40.3 Å². The Hall–Kier alpha value is -5.37. The summed E-state index contributed by atoms with van der Waals surface area (Å²) in [6, 6.07) is 20.2. The van der Waals surface area contributed by atoms with Crippen molar-refractivity contribution in [1.82, 2.24) is 29.5 Å². The number of hydrogen-bond donors (Lipinski definition) is 7. The summed E-state index contributed by atoms with van der Waals surface area (Å²) in [6.45, 7) is 0. The zero-order valence-electron chi connectivity index (χ0n) is 28.5. The SMILES string of the molecule is CNS(=O)(=O)c1ccc(N=Nc2c(O)[nH]c3ccc(-n4cncn4)cc23)cc1.NS(=O)(=O)c1ccc(N=Nc2c(O)[nH]c3ccc(S(=O)(=O)O)cc23)cc1.[Na]. The topological polar surface area (TPSA) is 313 Å². The van der Waals surface area contributed by atoms with E-state index in [1.807, 2.05) is 6.07 Å². The molecule has 20 nitrogen and oxygen atoms in total. The fourth-order valence-electron chi connectivity index (χ4n) is 4.87. The van der Waals surface area contributed by atoms with Crippen LogP contribution in [0.1, 0.15) is 0 Å². The van der Waals surface area contributed by atoms with Crippen molar-refractivity contribution >= 4 is 104 Å². The Morgan fingerprint density at radius 1 is 0.691 bits per heavy atom. The zero-order chi connectivity index (χ0) is 38.8. The first kappa shape index (κ1) is 40.8. The maximum absolute atomic E-state index is 11.8. The number of H-pyrrole nitrogens is 2. The number of benzene rings is 4. The summed E-state index contributed by atoms with van der Waals surface area (Å²) in [5.74, 6) is -0.471. The molecule has 55 heavy (non-hydrogen) atoms.